The molecular weight excluding hydrogens is 268 g/mol. The molecule has 0 saturated carbocycles. The molecule has 3 rings (SSSR count). The van der Waals surface area contributed by atoms with E-state index in [1.807, 2.05) is 19.2 Å². The van der Waals surface area contributed by atoms with Gasteiger partial charge < -0.3 is 14.2 Å². The van der Waals surface area contributed by atoms with Gasteiger partial charge in [0.2, 0.25) is 5.89 Å². The van der Waals surface area contributed by atoms with Gasteiger partial charge in [0, 0.05) is 6.04 Å². The summed E-state index contributed by atoms with van der Waals surface area (Å²) < 4.78 is 11.0. The van der Waals surface area contributed by atoms with Crippen LogP contribution in [0, 0.1) is 0 Å². The first kappa shape index (κ1) is 14.3. The van der Waals surface area contributed by atoms with Crippen molar-refractivity contribution in [1.82, 2.24) is 20.4 Å². The highest BCUT2D eigenvalue weighted by Crippen LogP contribution is 2.23. The molecule has 0 aliphatic carbocycles. The van der Waals surface area contributed by atoms with Gasteiger partial charge in [0.15, 0.2) is 5.76 Å². The van der Waals surface area contributed by atoms with Crippen molar-refractivity contribution in [2.45, 2.75) is 38.3 Å². The fraction of sp³-hybridized carbons (Fsp3) is 0.600. The van der Waals surface area contributed by atoms with Gasteiger partial charge in [-0.2, -0.15) is 0 Å². The summed E-state index contributed by atoms with van der Waals surface area (Å²) in [6, 6.07) is 4.25. The van der Waals surface area contributed by atoms with Crippen LogP contribution in [0.1, 0.15) is 31.6 Å². The lowest BCUT2D eigenvalue weighted by atomic mass is 9.99. The molecule has 2 aromatic heterocycles. The number of hydrogen-bond donors (Lipinski definition) is 1. The normalized spacial score (nSPS) is 20.0. The largest absolute Gasteiger partial charge is 0.459 e. The number of likely N-dealkylation sites (tertiary alicyclic amines) is 1. The Morgan fingerprint density at radius 1 is 1.38 bits per heavy atom. The second kappa shape index (κ2) is 6.87. The van der Waals surface area contributed by atoms with Gasteiger partial charge in [0.1, 0.15) is 0 Å². The third-order valence-electron chi connectivity index (χ3n) is 4.01. The zero-order valence-corrected chi connectivity index (χ0v) is 12.4. The van der Waals surface area contributed by atoms with Gasteiger partial charge in [-0.3, -0.25) is 4.90 Å². The van der Waals surface area contributed by atoms with Crippen molar-refractivity contribution in [2.24, 2.45) is 0 Å². The van der Waals surface area contributed by atoms with Crippen molar-refractivity contribution >= 4 is 0 Å². The van der Waals surface area contributed by atoms with E-state index in [1.54, 1.807) is 6.26 Å². The molecule has 6 nitrogen and oxygen atoms in total. The van der Waals surface area contributed by atoms with Crippen molar-refractivity contribution in [3.63, 3.8) is 0 Å². The summed E-state index contributed by atoms with van der Waals surface area (Å²) in [5, 5.41) is 11.4. The quantitative estimate of drug-likeness (QED) is 0.880. The molecule has 0 amide bonds. The fourth-order valence-electron chi connectivity index (χ4n) is 2.90. The molecule has 21 heavy (non-hydrogen) atoms. The molecule has 3 heterocycles. The number of aromatic nitrogens is 2. The van der Waals surface area contributed by atoms with E-state index in [9.17, 15) is 0 Å². The summed E-state index contributed by atoms with van der Waals surface area (Å²) in [5.41, 5.74) is 0. The smallest absolute Gasteiger partial charge is 0.283 e. The van der Waals surface area contributed by atoms with Gasteiger partial charge in [-0.1, -0.05) is 6.42 Å². The Hall–Kier alpha value is -1.66. The Bertz CT molecular complexity index is 538. The molecule has 1 aliphatic heterocycles. The molecule has 1 aliphatic rings. The Morgan fingerprint density at radius 3 is 3.14 bits per heavy atom. The van der Waals surface area contributed by atoms with Gasteiger partial charge in [0.05, 0.1) is 12.8 Å². The Balaban J connectivity index is 1.64. The molecule has 0 aromatic carbocycles. The Kier molecular flexibility index (Phi) is 4.67. The molecule has 1 fully saturated rings. The van der Waals surface area contributed by atoms with E-state index in [4.69, 9.17) is 8.83 Å². The van der Waals surface area contributed by atoms with Crippen LogP contribution in [0.25, 0.3) is 11.7 Å². The number of piperidine rings is 1. The molecule has 1 N–H and O–H groups in total. The second-order valence-electron chi connectivity index (χ2n) is 5.49. The van der Waals surface area contributed by atoms with Crippen molar-refractivity contribution < 1.29 is 8.83 Å². The van der Waals surface area contributed by atoms with Gasteiger partial charge in [-0.05, 0) is 51.5 Å². The second-order valence-corrected chi connectivity index (χ2v) is 5.49. The third-order valence-corrected chi connectivity index (χ3v) is 4.01. The minimum atomic E-state index is 0.457. The molecule has 1 saturated heterocycles. The predicted octanol–water partition coefficient (Wildman–Crippen LogP) is 2.29. The third kappa shape index (κ3) is 3.51. The number of hydrogen-bond acceptors (Lipinski definition) is 6. The van der Waals surface area contributed by atoms with Crippen molar-refractivity contribution in [2.75, 3.05) is 20.1 Å². The molecular formula is C15H22N4O2. The van der Waals surface area contributed by atoms with Gasteiger partial charge in [0.25, 0.3) is 5.89 Å². The maximum absolute atomic E-state index is 5.71. The van der Waals surface area contributed by atoms with Crippen LogP contribution in [0.4, 0.5) is 0 Å². The molecule has 1 atom stereocenters. The van der Waals surface area contributed by atoms with Crippen LogP contribution >= 0.6 is 0 Å². The average Bonchev–Trinajstić information content (AvgIpc) is 3.17. The highest BCUT2D eigenvalue weighted by atomic mass is 16.4. The van der Waals surface area contributed by atoms with E-state index < -0.39 is 0 Å². The molecule has 114 valence electrons. The maximum atomic E-state index is 5.71. The van der Waals surface area contributed by atoms with Gasteiger partial charge in [-0.25, -0.2) is 0 Å². The van der Waals surface area contributed by atoms with Crippen LogP contribution in [0.3, 0.4) is 0 Å². The lowest BCUT2D eigenvalue weighted by Crippen LogP contribution is -2.40. The first-order valence-corrected chi connectivity index (χ1v) is 7.61. The van der Waals surface area contributed by atoms with Crippen molar-refractivity contribution in [3.8, 4) is 11.7 Å². The van der Waals surface area contributed by atoms with Crippen LogP contribution in [-0.2, 0) is 6.54 Å². The first-order valence-electron chi connectivity index (χ1n) is 7.61. The van der Waals surface area contributed by atoms with Crippen LogP contribution in [0.15, 0.2) is 27.2 Å². The number of rotatable bonds is 6. The average molecular weight is 290 g/mol. The van der Waals surface area contributed by atoms with E-state index in [2.05, 4.69) is 20.4 Å². The molecule has 0 spiro atoms. The van der Waals surface area contributed by atoms with Crippen molar-refractivity contribution in [1.29, 1.82) is 0 Å². The Morgan fingerprint density at radius 2 is 2.33 bits per heavy atom. The zero-order valence-electron chi connectivity index (χ0n) is 12.4. The van der Waals surface area contributed by atoms with Crippen LogP contribution in [0.5, 0.6) is 0 Å². The summed E-state index contributed by atoms with van der Waals surface area (Å²) in [6.07, 6.45) is 6.58. The summed E-state index contributed by atoms with van der Waals surface area (Å²) >= 11 is 0. The van der Waals surface area contributed by atoms with Crippen LogP contribution in [-0.4, -0.2) is 41.3 Å². The minimum absolute atomic E-state index is 0.457. The number of nitrogens with one attached hydrogen (secondary N) is 1. The summed E-state index contributed by atoms with van der Waals surface area (Å²) in [5.74, 6) is 1.75. The monoisotopic (exact) mass is 290 g/mol. The SMILES string of the molecule is CNCCC1CCCCN1Cc1nnc(-c2ccco2)o1. The molecule has 6 heteroatoms. The van der Waals surface area contributed by atoms with E-state index in [0.717, 1.165) is 26.1 Å². The summed E-state index contributed by atoms with van der Waals surface area (Å²) in [4.78, 5) is 2.46. The van der Waals surface area contributed by atoms with E-state index >= 15 is 0 Å². The summed E-state index contributed by atoms with van der Waals surface area (Å²) in [6.45, 7) is 2.87. The van der Waals surface area contributed by atoms with E-state index in [1.165, 1.54) is 19.3 Å². The minimum Gasteiger partial charge on any atom is -0.459 e. The number of nitrogens with zero attached hydrogens (tertiary/aromatic N) is 3. The standard InChI is InChI=1S/C15H22N4O2/c1-16-8-7-12-5-2-3-9-19(12)11-14-17-18-15(21-14)13-6-4-10-20-13/h4,6,10,12,16H,2-3,5,7-9,11H2,1H3. The lowest BCUT2D eigenvalue weighted by Gasteiger charge is -2.34. The van der Waals surface area contributed by atoms with Crippen molar-refractivity contribution in [3.05, 3.63) is 24.3 Å². The maximum Gasteiger partial charge on any atom is 0.283 e. The predicted molar refractivity (Wildman–Crippen MR) is 78.6 cm³/mol. The highest BCUT2D eigenvalue weighted by molar-refractivity contribution is 5.42. The van der Waals surface area contributed by atoms with Gasteiger partial charge in [-0.15, -0.1) is 10.2 Å². The summed E-state index contributed by atoms with van der Waals surface area (Å²) in [7, 11) is 2.00. The zero-order chi connectivity index (χ0) is 14.5. The van der Waals surface area contributed by atoms with E-state index in [-0.39, 0.29) is 0 Å². The fourth-order valence-corrected chi connectivity index (χ4v) is 2.90. The van der Waals surface area contributed by atoms with E-state index in [0.29, 0.717) is 23.6 Å². The lowest BCUT2D eigenvalue weighted by molar-refractivity contribution is 0.121. The molecule has 2 aromatic rings. The molecule has 0 bridgehead atoms. The first-order chi connectivity index (χ1) is 10.4. The van der Waals surface area contributed by atoms with Gasteiger partial charge >= 0.3 is 0 Å². The highest BCUT2D eigenvalue weighted by Gasteiger charge is 2.24. The Labute approximate surface area is 124 Å². The van der Waals surface area contributed by atoms with Crippen LogP contribution in [0.2, 0.25) is 0 Å². The number of furan rings is 1. The van der Waals surface area contributed by atoms with Crippen LogP contribution < -0.4 is 5.32 Å². The topological polar surface area (TPSA) is 67.3 Å². The molecule has 1 unspecified atom stereocenters. The molecule has 0 radical (unpaired) electrons.